The Morgan fingerprint density at radius 3 is 2.88 bits per heavy atom. The average molecular weight is 176 g/mol. The molecule has 1 aliphatic rings. The summed E-state index contributed by atoms with van der Waals surface area (Å²) in [6, 6.07) is 0. The van der Waals surface area contributed by atoms with Crippen LogP contribution in [-0.2, 0) is 0 Å². The zero-order valence-electron chi connectivity index (χ0n) is 4.21. The van der Waals surface area contributed by atoms with Gasteiger partial charge in [-0.25, -0.2) is 0 Å². The second-order valence-corrected chi connectivity index (χ2v) is 2.57. The van der Waals surface area contributed by atoms with Crippen molar-refractivity contribution in [3.05, 3.63) is 22.8 Å². The number of hydroxylamine groups is 2. The normalized spacial score (nSPS) is 18.8. The molecule has 8 heavy (non-hydrogen) atoms. The van der Waals surface area contributed by atoms with Gasteiger partial charge in [-0.05, 0) is 12.2 Å². The molecule has 1 rings (SSSR count). The van der Waals surface area contributed by atoms with Crippen LogP contribution in [0.3, 0.4) is 0 Å². The van der Waals surface area contributed by atoms with E-state index in [1.165, 1.54) is 0 Å². The molecular formula is C5H6BrNO. The highest BCUT2D eigenvalue weighted by Crippen LogP contribution is 2.10. The molecule has 0 aromatic carbocycles. The van der Waals surface area contributed by atoms with Crippen molar-refractivity contribution in [2.75, 3.05) is 6.54 Å². The molecule has 0 unspecified atom stereocenters. The number of halogens is 1. The van der Waals surface area contributed by atoms with E-state index in [0.717, 1.165) is 9.55 Å². The molecule has 0 atom stereocenters. The van der Waals surface area contributed by atoms with Gasteiger partial charge in [0.25, 0.3) is 0 Å². The van der Waals surface area contributed by atoms with Crippen LogP contribution in [0.2, 0.25) is 0 Å². The highest BCUT2D eigenvalue weighted by molar-refractivity contribution is 9.11. The summed E-state index contributed by atoms with van der Waals surface area (Å²) in [7, 11) is 0. The first-order chi connectivity index (χ1) is 3.79. The molecule has 0 aliphatic carbocycles. The van der Waals surface area contributed by atoms with E-state index in [9.17, 15) is 0 Å². The summed E-state index contributed by atoms with van der Waals surface area (Å²) in [5, 5.41) is 9.87. The zero-order chi connectivity index (χ0) is 5.98. The van der Waals surface area contributed by atoms with Gasteiger partial charge in [0, 0.05) is 10.7 Å². The third kappa shape index (κ3) is 1.35. The SMILES string of the molecule is ON1C=CC=C(Br)C1. The van der Waals surface area contributed by atoms with Crippen molar-refractivity contribution in [1.29, 1.82) is 0 Å². The Morgan fingerprint density at radius 2 is 2.50 bits per heavy atom. The molecule has 0 spiro atoms. The molecule has 0 radical (unpaired) electrons. The van der Waals surface area contributed by atoms with Crippen LogP contribution in [-0.4, -0.2) is 16.8 Å². The monoisotopic (exact) mass is 175 g/mol. The first-order valence-corrected chi connectivity index (χ1v) is 3.07. The maximum Gasteiger partial charge on any atom is 0.0761 e. The fourth-order valence-electron chi connectivity index (χ4n) is 0.507. The Labute approximate surface area is 56.2 Å². The summed E-state index contributed by atoms with van der Waals surface area (Å²) >= 11 is 3.24. The lowest BCUT2D eigenvalue weighted by Gasteiger charge is -2.12. The van der Waals surface area contributed by atoms with Crippen LogP contribution in [0, 0.1) is 0 Å². The molecule has 1 N–H and O–H groups in total. The Bertz CT molecular complexity index is 141. The second-order valence-electron chi connectivity index (χ2n) is 1.55. The average Bonchev–Trinajstić information content (AvgIpc) is 1.64. The number of hydrogen-bond donors (Lipinski definition) is 1. The van der Waals surface area contributed by atoms with Crippen molar-refractivity contribution in [2.45, 2.75) is 0 Å². The Kier molecular flexibility index (Phi) is 1.70. The van der Waals surface area contributed by atoms with E-state index in [-0.39, 0.29) is 0 Å². The van der Waals surface area contributed by atoms with Crippen molar-refractivity contribution < 1.29 is 5.21 Å². The third-order valence-corrected chi connectivity index (χ3v) is 1.36. The summed E-state index contributed by atoms with van der Waals surface area (Å²) in [6.07, 6.45) is 5.27. The smallest absolute Gasteiger partial charge is 0.0761 e. The first kappa shape index (κ1) is 5.85. The fourth-order valence-corrected chi connectivity index (χ4v) is 0.917. The standard InChI is InChI=1S/C5H6BrNO/c6-5-2-1-3-7(8)4-5/h1-3,8H,4H2. The molecule has 0 aromatic heterocycles. The summed E-state index contributed by atoms with van der Waals surface area (Å²) in [5.41, 5.74) is 0. The minimum atomic E-state index is 0.552. The molecule has 1 aliphatic heterocycles. The Balaban J connectivity index is 2.59. The van der Waals surface area contributed by atoms with E-state index in [1.807, 2.05) is 6.08 Å². The van der Waals surface area contributed by atoms with Crippen LogP contribution < -0.4 is 0 Å². The first-order valence-electron chi connectivity index (χ1n) is 2.27. The van der Waals surface area contributed by atoms with Gasteiger partial charge in [-0.15, -0.1) is 0 Å². The molecule has 44 valence electrons. The molecule has 0 saturated heterocycles. The van der Waals surface area contributed by atoms with Crippen molar-refractivity contribution in [2.24, 2.45) is 0 Å². The number of nitrogens with zero attached hydrogens (tertiary/aromatic N) is 1. The van der Waals surface area contributed by atoms with Crippen LogP contribution in [0.25, 0.3) is 0 Å². The van der Waals surface area contributed by atoms with Crippen LogP contribution in [0.4, 0.5) is 0 Å². The van der Waals surface area contributed by atoms with Crippen molar-refractivity contribution in [3.63, 3.8) is 0 Å². The molecule has 2 nitrogen and oxygen atoms in total. The lowest BCUT2D eigenvalue weighted by molar-refractivity contribution is -0.0308. The topological polar surface area (TPSA) is 23.5 Å². The quantitative estimate of drug-likeness (QED) is 0.604. The minimum absolute atomic E-state index is 0.552. The van der Waals surface area contributed by atoms with E-state index < -0.39 is 0 Å². The molecule has 3 heteroatoms. The fraction of sp³-hybridized carbons (Fsp3) is 0.200. The highest BCUT2D eigenvalue weighted by atomic mass is 79.9. The van der Waals surface area contributed by atoms with E-state index >= 15 is 0 Å². The van der Waals surface area contributed by atoms with Crippen LogP contribution in [0.15, 0.2) is 22.8 Å². The predicted octanol–water partition coefficient (Wildman–Crippen LogP) is 1.48. The zero-order valence-corrected chi connectivity index (χ0v) is 5.80. The highest BCUT2D eigenvalue weighted by Gasteiger charge is 1.98. The largest absolute Gasteiger partial charge is 0.289 e. The Morgan fingerprint density at radius 1 is 1.75 bits per heavy atom. The number of allylic oxidation sites excluding steroid dienone is 2. The van der Waals surface area contributed by atoms with E-state index in [2.05, 4.69) is 15.9 Å². The summed E-state index contributed by atoms with van der Waals surface area (Å²) in [4.78, 5) is 0. The van der Waals surface area contributed by atoms with Crippen LogP contribution >= 0.6 is 15.9 Å². The molecule has 0 bridgehead atoms. The van der Waals surface area contributed by atoms with E-state index in [0.29, 0.717) is 6.54 Å². The van der Waals surface area contributed by atoms with Gasteiger partial charge in [0.15, 0.2) is 0 Å². The molecule has 0 aromatic rings. The molecule has 0 fully saturated rings. The summed E-state index contributed by atoms with van der Waals surface area (Å²) < 4.78 is 0.988. The van der Waals surface area contributed by atoms with Gasteiger partial charge in [0.2, 0.25) is 0 Å². The third-order valence-electron chi connectivity index (χ3n) is 0.848. The van der Waals surface area contributed by atoms with Crippen molar-refractivity contribution in [1.82, 2.24) is 5.06 Å². The van der Waals surface area contributed by atoms with E-state index in [1.54, 1.807) is 12.3 Å². The van der Waals surface area contributed by atoms with Gasteiger partial charge in [-0.3, -0.25) is 10.3 Å². The van der Waals surface area contributed by atoms with Crippen LogP contribution in [0.5, 0.6) is 0 Å². The van der Waals surface area contributed by atoms with Crippen molar-refractivity contribution >= 4 is 15.9 Å². The van der Waals surface area contributed by atoms with Gasteiger partial charge >= 0.3 is 0 Å². The van der Waals surface area contributed by atoms with Crippen molar-refractivity contribution in [3.8, 4) is 0 Å². The molecule has 0 amide bonds. The lowest BCUT2D eigenvalue weighted by Crippen LogP contribution is -2.14. The minimum Gasteiger partial charge on any atom is -0.289 e. The second kappa shape index (κ2) is 2.33. The maximum atomic E-state index is 8.76. The van der Waals surface area contributed by atoms with Gasteiger partial charge in [-0.2, -0.15) is 0 Å². The van der Waals surface area contributed by atoms with Gasteiger partial charge in [0.1, 0.15) is 0 Å². The molecule has 0 saturated carbocycles. The Hall–Kier alpha value is -0.280. The predicted molar refractivity (Wildman–Crippen MR) is 34.6 cm³/mol. The lowest BCUT2D eigenvalue weighted by atomic mass is 10.4. The van der Waals surface area contributed by atoms with Gasteiger partial charge < -0.3 is 0 Å². The molecular weight excluding hydrogens is 170 g/mol. The summed E-state index contributed by atoms with van der Waals surface area (Å²) in [6.45, 7) is 0.552. The van der Waals surface area contributed by atoms with Crippen LogP contribution in [0.1, 0.15) is 0 Å². The van der Waals surface area contributed by atoms with Gasteiger partial charge in [-0.1, -0.05) is 15.9 Å². The molecule has 1 heterocycles. The van der Waals surface area contributed by atoms with Gasteiger partial charge in [0.05, 0.1) is 6.54 Å². The maximum absolute atomic E-state index is 8.76. The summed E-state index contributed by atoms with van der Waals surface area (Å²) in [5.74, 6) is 0. The number of rotatable bonds is 0. The van der Waals surface area contributed by atoms with E-state index in [4.69, 9.17) is 5.21 Å². The number of hydrogen-bond acceptors (Lipinski definition) is 2.